The summed E-state index contributed by atoms with van der Waals surface area (Å²) in [6.45, 7) is 0. The summed E-state index contributed by atoms with van der Waals surface area (Å²) in [4.78, 5) is 2.41. The van der Waals surface area contributed by atoms with Gasteiger partial charge in [-0.15, -0.1) is 0 Å². The van der Waals surface area contributed by atoms with Gasteiger partial charge in [-0.2, -0.15) is 0 Å². The minimum absolute atomic E-state index is 0.785. The van der Waals surface area contributed by atoms with Crippen molar-refractivity contribution in [1.82, 2.24) is 4.90 Å². The molecule has 0 aromatic heterocycles. The van der Waals surface area contributed by atoms with Crippen LogP contribution < -0.4 is 0 Å². The van der Waals surface area contributed by atoms with Gasteiger partial charge in [0, 0.05) is 6.04 Å². The predicted molar refractivity (Wildman–Crippen MR) is 77.1 cm³/mol. The zero-order valence-corrected chi connectivity index (χ0v) is 11.7. The van der Waals surface area contributed by atoms with Crippen LogP contribution in [0.3, 0.4) is 0 Å². The summed E-state index contributed by atoms with van der Waals surface area (Å²) in [5.41, 5.74) is 3.20. The average molecular weight is 243 g/mol. The summed E-state index contributed by atoms with van der Waals surface area (Å²) < 4.78 is 0. The third-order valence-corrected chi connectivity index (χ3v) is 4.81. The highest BCUT2D eigenvalue weighted by Crippen LogP contribution is 2.42. The van der Waals surface area contributed by atoms with Gasteiger partial charge >= 0.3 is 0 Å². The summed E-state index contributed by atoms with van der Waals surface area (Å²) >= 11 is 0. The van der Waals surface area contributed by atoms with E-state index in [-0.39, 0.29) is 0 Å². The van der Waals surface area contributed by atoms with E-state index in [9.17, 15) is 0 Å². The quantitative estimate of drug-likeness (QED) is 0.771. The van der Waals surface area contributed by atoms with E-state index in [1.807, 2.05) is 0 Å². The molecule has 0 unspecified atom stereocenters. The van der Waals surface area contributed by atoms with Crippen molar-refractivity contribution in [2.45, 2.75) is 56.4 Å². The highest BCUT2D eigenvalue weighted by Gasteiger charge is 2.27. The molecule has 0 spiro atoms. The van der Waals surface area contributed by atoms with Crippen molar-refractivity contribution in [1.29, 1.82) is 0 Å². The second-order valence-electron chi connectivity index (χ2n) is 6.43. The van der Waals surface area contributed by atoms with E-state index in [1.165, 1.54) is 38.5 Å². The zero-order chi connectivity index (χ0) is 12.5. The first kappa shape index (κ1) is 12.2. The monoisotopic (exact) mass is 243 g/mol. The topological polar surface area (TPSA) is 3.24 Å². The van der Waals surface area contributed by atoms with Crippen LogP contribution in [0.15, 0.2) is 24.3 Å². The van der Waals surface area contributed by atoms with Crippen molar-refractivity contribution in [3.8, 4) is 0 Å². The molecule has 0 heterocycles. The van der Waals surface area contributed by atoms with Crippen LogP contribution in [-0.2, 0) is 0 Å². The molecule has 0 bridgehead atoms. The van der Waals surface area contributed by atoms with Gasteiger partial charge in [0.15, 0.2) is 0 Å². The van der Waals surface area contributed by atoms with Crippen LogP contribution in [0.5, 0.6) is 0 Å². The molecular formula is C17H25N. The Balaban J connectivity index is 1.74. The van der Waals surface area contributed by atoms with Crippen LogP contribution in [0.1, 0.15) is 61.5 Å². The van der Waals surface area contributed by atoms with E-state index < -0.39 is 0 Å². The Bertz CT molecular complexity index is 406. The summed E-state index contributed by atoms with van der Waals surface area (Å²) in [5.74, 6) is 1.68. The number of hydrogen-bond donors (Lipinski definition) is 0. The normalized spacial score (nSPS) is 28.6. The Morgan fingerprint density at radius 1 is 0.944 bits per heavy atom. The van der Waals surface area contributed by atoms with Gasteiger partial charge in [-0.1, -0.05) is 30.7 Å². The molecule has 3 rings (SSSR count). The van der Waals surface area contributed by atoms with Crippen LogP contribution in [0.2, 0.25) is 0 Å². The van der Waals surface area contributed by atoms with Gasteiger partial charge in [-0.05, 0) is 69.2 Å². The van der Waals surface area contributed by atoms with Crippen LogP contribution in [0.4, 0.5) is 0 Å². The first-order chi connectivity index (χ1) is 8.74. The predicted octanol–water partition coefficient (Wildman–Crippen LogP) is 4.15. The van der Waals surface area contributed by atoms with Gasteiger partial charge in [0.05, 0.1) is 0 Å². The van der Waals surface area contributed by atoms with Crippen molar-refractivity contribution in [3.05, 3.63) is 35.4 Å². The number of nitrogens with zero attached hydrogens (tertiary/aromatic N) is 1. The largest absolute Gasteiger partial charge is 0.306 e. The molecule has 1 nitrogen and oxygen atoms in total. The van der Waals surface area contributed by atoms with Crippen molar-refractivity contribution >= 4 is 0 Å². The van der Waals surface area contributed by atoms with Gasteiger partial charge in [-0.25, -0.2) is 0 Å². The molecule has 1 aromatic rings. The molecule has 0 amide bonds. The first-order valence-electron chi connectivity index (χ1n) is 7.50. The smallest absolute Gasteiger partial charge is 0.00949 e. The van der Waals surface area contributed by atoms with E-state index >= 15 is 0 Å². The molecule has 2 aliphatic rings. The second kappa shape index (κ2) is 5.05. The lowest BCUT2D eigenvalue weighted by Gasteiger charge is -2.33. The van der Waals surface area contributed by atoms with Gasteiger partial charge in [-0.3, -0.25) is 0 Å². The lowest BCUT2D eigenvalue weighted by atomic mass is 9.80. The minimum atomic E-state index is 0.785. The third kappa shape index (κ3) is 2.61. The van der Waals surface area contributed by atoms with Crippen molar-refractivity contribution in [3.63, 3.8) is 0 Å². The fraction of sp³-hybridized carbons (Fsp3) is 0.647. The number of hydrogen-bond acceptors (Lipinski definition) is 1. The Morgan fingerprint density at radius 3 is 2.33 bits per heavy atom. The molecule has 2 aliphatic carbocycles. The lowest BCUT2D eigenvalue weighted by Crippen LogP contribution is -2.32. The van der Waals surface area contributed by atoms with Crippen LogP contribution in [0.25, 0.3) is 0 Å². The molecule has 2 atom stereocenters. The Hall–Kier alpha value is -0.820. The Labute approximate surface area is 111 Å². The molecule has 1 aromatic carbocycles. The van der Waals surface area contributed by atoms with Gasteiger partial charge < -0.3 is 4.90 Å². The maximum absolute atomic E-state index is 2.50. The van der Waals surface area contributed by atoms with Gasteiger partial charge in [0.1, 0.15) is 0 Å². The molecule has 2 fully saturated rings. The lowest BCUT2D eigenvalue weighted by molar-refractivity contribution is 0.213. The second-order valence-corrected chi connectivity index (χ2v) is 6.43. The minimum Gasteiger partial charge on any atom is -0.306 e. The fourth-order valence-electron chi connectivity index (χ4n) is 3.42. The molecule has 98 valence electrons. The fourth-order valence-corrected chi connectivity index (χ4v) is 3.42. The number of benzene rings is 1. The third-order valence-electron chi connectivity index (χ3n) is 4.81. The SMILES string of the molecule is CN(C)[C@@H]1CCC[C@H](c2cccc(C3CC3)c2)C1. The number of rotatable bonds is 3. The highest BCUT2D eigenvalue weighted by molar-refractivity contribution is 5.31. The standard InChI is InChI=1S/C17H25N/c1-18(2)17-8-4-7-16(12-17)15-6-3-5-14(11-15)13-9-10-13/h3,5-6,11,13,16-17H,4,7-10,12H2,1-2H3/t16-,17+/m0/s1. The summed E-state index contributed by atoms with van der Waals surface area (Å²) in [5, 5.41) is 0. The molecule has 18 heavy (non-hydrogen) atoms. The van der Waals surface area contributed by atoms with Crippen molar-refractivity contribution in [2.24, 2.45) is 0 Å². The van der Waals surface area contributed by atoms with Crippen LogP contribution in [0, 0.1) is 0 Å². The maximum Gasteiger partial charge on any atom is 0.00949 e. The Kier molecular flexibility index (Phi) is 3.43. The average Bonchev–Trinajstić information content (AvgIpc) is 3.23. The summed E-state index contributed by atoms with van der Waals surface area (Å²) in [7, 11) is 4.46. The van der Waals surface area contributed by atoms with Gasteiger partial charge in [0.2, 0.25) is 0 Å². The highest BCUT2D eigenvalue weighted by atomic mass is 15.1. The van der Waals surface area contributed by atoms with Crippen LogP contribution in [-0.4, -0.2) is 25.0 Å². The molecule has 1 heteroatoms. The Morgan fingerprint density at radius 2 is 1.67 bits per heavy atom. The first-order valence-corrected chi connectivity index (χ1v) is 7.50. The molecule has 0 aliphatic heterocycles. The molecule has 0 N–H and O–H groups in total. The van der Waals surface area contributed by atoms with E-state index in [4.69, 9.17) is 0 Å². The summed E-state index contributed by atoms with van der Waals surface area (Å²) in [6.07, 6.45) is 8.33. The van der Waals surface area contributed by atoms with E-state index in [1.54, 1.807) is 11.1 Å². The maximum atomic E-state index is 2.50. The van der Waals surface area contributed by atoms with Gasteiger partial charge in [0.25, 0.3) is 0 Å². The van der Waals surface area contributed by atoms with Crippen molar-refractivity contribution < 1.29 is 0 Å². The molecule has 0 saturated heterocycles. The van der Waals surface area contributed by atoms with Crippen molar-refractivity contribution in [2.75, 3.05) is 14.1 Å². The molecule has 2 saturated carbocycles. The zero-order valence-electron chi connectivity index (χ0n) is 11.7. The van der Waals surface area contributed by atoms with Crippen LogP contribution >= 0.6 is 0 Å². The van der Waals surface area contributed by atoms with E-state index in [0.29, 0.717) is 0 Å². The molecule has 0 radical (unpaired) electrons. The molecular weight excluding hydrogens is 218 g/mol. The van der Waals surface area contributed by atoms with E-state index in [0.717, 1.165) is 17.9 Å². The van der Waals surface area contributed by atoms with E-state index in [2.05, 4.69) is 43.3 Å². The summed E-state index contributed by atoms with van der Waals surface area (Å²) in [6, 6.07) is 10.2.